The van der Waals surface area contributed by atoms with E-state index in [1.165, 1.54) is 0 Å². The van der Waals surface area contributed by atoms with Gasteiger partial charge in [0, 0.05) is 9.86 Å². The molecule has 6 heteroatoms. The van der Waals surface area contributed by atoms with Gasteiger partial charge < -0.3 is 19.6 Å². The molecule has 1 aliphatic rings. The van der Waals surface area contributed by atoms with Gasteiger partial charge >= 0.3 is 5.97 Å². The van der Waals surface area contributed by atoms with E-state index in [1.54, 1.807) is 12.1 Å². The van der Waals surface area contributed by atoms with Crippen LogP contribution in [0.25, 0.3) is 10.9 Å². The van der Waals surface area contributed by atoms with Crippen LogP contribution in [0.1, 0.15) is 10.5 Å². The Labute approximate surface area is 98.1 Å². The molecular weight excluding hydrogens is 278 g/mol. The van der Waals surface area contributed by atoms with Gasteiger partial charge in [-0.15, -0.1) is 0 Å². The molecule has 82 valence electrons. The molecule has 0 saturated heterocycles. The summed E-state index contributed by atoms with van der Waals surface area (Å²) in [6.45, 7) is 0.155. The number of carboxylic acids is 1. The zero-order chi connectivity index (χ0) is 11.3. The van der Waals surface area contributed by atoms with Crippen LogP contribution in [0.3, 0.4) is 0 Å². The Morgan fingerprint density at radius 3 is 3.00 bits per heavy atom. The Morgan fingerprint density at radius 1 is 1.44 bits per heavy atom. The molecule has 0 atom stereocenters. The number of H-pyrrole nitrogens is 1. The molecule has 2 N–H and O–H groups in total. The first kappa shape index (κ1) is 9.53. The Hall–Kier alpha value is -1.69. The molecule has 1 aromatic carbocycles. The fourth-order valence-corrected chi connectivity index (χ4v) is 2.24. The summed E-state index contributed by atoms with van der Waals surface area (Å²) in [5, 5.41) is 9.67. The maximum Gasteiger partial charge on any atom is 0.352 e. The third-order valence-corrected chi connectivity index (χ3v) is 3.09. The molecular formula is C10H6BrNO4. The Morgan fingerprint density at radius 2 is 2.25 bits per heavy atom. The highest BCUT2D eigenvalue weighted by atomic mass is 79.9. The summed E-state index contributed by atoms with van der Waals surface area (Å²) in [5.41, 5.74) is 0.763. The van der Waals surface area contributed by atoms with E-state index < -0.39 is 5.97 Å². The third kappa shape index (κ3) is 1.19. The summed E-state index contributed by atoms with van der Waals surface area (Å²) in [7, 11) is 0. The average molecular weight is 284 g/mol. The van der Waals surface area contributed by atoms with E-state index in [4.69, 9.17) is 14.6 Å². The number of aromatic nitrogens is 1. The van der Waals surface area contributed by atoms with E-state index in [2.05, 4.69) is 20.9 Å². The molecule has 0 radical (unpaired) electrons. The second-order valence-corrected chi connectivity index (χ2v) is 4.22. The lowest BCUT2D eigenvalue weighted by Crippen LogP contribution is -1.95. The number of aromatic amines is 1. The lowest BCUT2D eigenvalue weighted by atomic mass is 10.2. The minimum atomic E-state index is -1.00. The van der Waals surface area contributed by atoms with Gasteiger partial charge in [0.05, 0.1) is 5.52 Å². The molecule has 5 nitrogen and oxygen atoms in total. The van der Waals surface area contributed by atoms with E-state index in [0.29, 0.717) is 17.0 Å². The van der Waals surface area contributed by atoms with E-state index in [9.17, 15) is 4.79 Å². The summed E-state index contributed by atoms with van der Waals surface area (Å²) in [4.78, 5) is 13.7. The number of nitrogens with one attached hydrogen (secondary N) is 1. The van der Waals surface area contributed by atoms with Crippen molar-refractivity contribution in [1.82, 2.24) is 4.98 Å². The van der Waals surface area contributed by atoms with Crippen molar-refractivity contribution in [3.8, 4) is 11.5 Å². The summed E-state index contributed by atoms with van der Waals surface area (Å²) < 4.78 is 11.3. The number of rotatable bonds is 1. The van der Waals surface area contributed by atoms with Crippen molar-refractivity contribution in [3.05, 3.63) is 22.3 Å². The van der Waals surface area contributed by atoms with Gasteiger partial charge in [-0.05, 0) is 28.1 Å². The van der Waals surface area contributed by atoms with E-state index in [1.807, 2.05) is 0 Å². The Kier molecular flexibility index (Phi) is 1.88. The van der Waals surface area contributed by atoms with Gasteiger partial charge in [-0.2, -0.15) is 0 Å². The topological polar surface area (TPSA) is 71.5 Å². The number of hydrogen-bond donors (Lipinski definition) is 2. The van der Waals surface area contributed by atoms with Gasteiger partial charge in [0.15, 0.2) is 11.5 Å². The number of fused-ring (bicyclic) bond motifs is 3. The summed E-state index contributed by atoms with van der Waals surface area (Å²) >= 11 is 3.36. The highest BCUT2D eigenvalue weighted by Gasteiger charge is 2.22. The van der Waals surface area contributed by atoms with E-state index in [0.717, 1.165) is 9.86 Å². The van der Waals surface area contributed by atoms with Crippen molar-refractivity contribution >= 4 is 32.8 Å². The highest BCUT2D eigenvalue weighted by molar-refractivity contribution is 9.10. The normalized spacial score (nSPS) is 13.3. The smallest absolute Gasteiger partial charge is 0.352 e. The molecule has 0 bridgehead atoms. The zero-order valence-electron chi connectivity index (χ0n) is 7.91. The maximum atomic E-state index is 10.9. The van der Waals surface area contributed by atoms with Crippen molar-refractivity contribution < 1.29 is 19.4 Å². The first-order valence-electron chi connectivity index (χ1n) is 4.51. The lowest BCUT2D eigenvalue weighted by molar-refractivity contribution is 0.0691. The molecule has 1 aromatic heterocycles. The monoisotopic (exact) mass is 283 g/mol. The van der Waals surface area contributed by atoms with Crippen LogP contribution in [0, 0.1) is 0 Å². The molecule has 16 heavy (non-hydrogen) atoms. The molecule has 1 aliphatic heterocycles. The Balaban J connectivity index is 2.37. The van der Waals surface area contributed by atoms with Gasteiger partial charge in [0.2, 0.25) is 6.79 Å². The first-order valence-corrected chi connectivity index (χ1v) is 5.30. The van der Waals surface area contributed by atoms with Crippen LogP contribution in [-0.2, 0) is 0 Å². The van der Waals surface area contributed by atoms with Crippen molar-refractivity contribution in [3.63, 3.8) is 0 Å². The van der Waals surface area contributed by atoms with Gasteiger partial charge in [0.1, 0.15) is 5.69 Å². The number of benzene rings is 1. The minimum absolute atomic E-state index is 0.125. The predicted molar refractivity (Wildman–Crippen MR) is 59.1 cm³/mol. The highest BCUT2D eigenvalue weighted by Crippen LogP contribution is 2.42. The maximum absolute atomic E-state index is 10.9. The van der Waals surface area contributed by atoms with Crippen molar-refractivity contribution in [2.24, 2.45) is 0 Å². The molecule has 2 aromatic rings. The van der Waals surface area contributed by atoms with Gasteiger partial charge in [-0.1, -0.05) is 0 Å². The van der Waals surface area contributed by atoms with Gasteiger partial charge in [-0.3, -0.25) is 0 Å². The minimum Gasteiger partial charge on any atom is -0.477 e. The van der Waals surface area contributed by atoms with Crippen LogP contribution < -0.4 is 9.47 Å². The summed E-state index contributed by atoms with van der Waals surface area (Å²) in [6, 6.07) is 3.33. The standard InChI is InChI=1S/C10H6BrNO4/c11-5-2-7-9(16-3-15-7)8-4(5)1-6(12-8)10(13)14/h1-2,12H,3H2,(H,13,14). The number of ether oxygens (including phenoxy) is 2. The van der Waals surface area contributed by atoms with Crippen LogP contribution in [0.15, 0.2) is 16.6 Å². The average Bonchev–Trinajstić information content (AvgIpc) is 2.80. The van der Waals surface area contributed by atoms with Crippen LogP contribution in [0.4, 0.5) is 0 Å². The third-order valence-electron chi connectivity index (χ3n) is 2.43. The van der Waals surface area contributed by atoms with Gasteiger partial charge in [-0.25, -0.2) is 4.79 Å². The van der Waals surface area contributed by atoms with Crippen LogP contribution in [0.2, 0.25) is 0 Å². The Bertz CT molecular complexity index is 604. The largest absolute Gasteiger partial charge is 0.477 e. The molecule has 0 saturated carbocycles. The molecule has 0 amide bonds. The number of carboxylic acid groups (broad SMARTS) is 1. The fourth-order valence-electron chi connectivity index (χ4n) is 1.72. The quantitative estimate of drug-likeness (QED) is 0.843. The predicted octanol–water partition coefficient (Wildman–Crippen LogP) is 2.36. The van der Waals surface area contributed by atoms with Crippen molar-refractivity contribution in [1.29, 1.82) is 0 Å². The summed E-state index contributed by atoms with van der Waals surface area (Å²) in [6.07, 6.45) is 0. The fraction of sp³-hybridized carbons (Fsp3) is 0.100. The van der Waals surface area contributed by atoms with Crippen LogP contribution in [-0.4, -0.2) is 22.9 Å². The first-order chi connectivity index (χ1) is 7.66. The lowest BCUT2D eigenvalue weighted by Gasteiger charge is -1.99. The van der Waals surface area contributed by atoms with Crippen LogP contribution in [0.5, 0.6) is 11.5 Å². The molecule has 0 spiro atoms. The second-order valence-electron chi connectivity index (χ2n) is 3.37. The zero-order valence-corrected chi connectivity index (χ0v) is 9.50. The molecule has 0 aliphatic carbocycles. The number of halogens is 1. The van der Waals surface area contributed by atoms with Crippen molar-refractivity contribution in [2.45, 2.75) is 0 Å². The van der Waals surface area contributed by atoms with Gasteiger partial charge in [0.25, 0.3) is 0 Å². The SMILES string of the molecule is O=C(O)c1cc2c(Br)cc3c(c2[nH]1)OCO3. The number of aromatic carboxylic acids is 1. The summed E-state index contributed by atoms with van der Waals surface area (Å²) in [5.74, 6) is 0.166. The van der Waals surface area contributed by atoms with E-state index >= 15 is 0 Å². The number of carbonyl (C=O) groups is 1. The van der Waals surface area contributed by atoms with Crippen molar-refractivity contribution in [2.75, 3.05) is 6.79 Å². The molecule has 0 fully saturated rings. The molecule has 0 unspecified atom stereocenters. The number of hydrogen-bond acceptors (Lipinski definition) is 3. The second kappa shape index (κ2) is 3.15. The van der Waals surface area contributed by atoms with E-state index in [-0.39, 0.29) is 12.5 Å². The molecule has 2 heterocycles. The molecule has 3 rings (SSSR count). The van der Waals surface area contributed by atoms with Crippen LogP contribution >= 0.6 is 15.9 Å².